The average molecular weight is 560 g/mol. The van der Waals surface area contributed by atoms with Crippen molar-refractivity contribution in [1.29, 1.82) is 0 Å². The molecule has 0 unspecified atom stereocenters. The van der Waals surface area contributed by atoms with Gasteiger partial charge in [-0.15, -0.1) is 0 Å². The third-order valence-corrected chi connectivity index (χ3v) is 6.53. The zero-order chi connectivity index (χ0) is 30.0. The molecule has 40 heavy (non-hydrogen) atoms. The fraction of sp³-hybridized carbons (Fsp3) is 0.586. The molecule has 11 heteroatoms. The minimum atomic E-state index is -1.15. The minimum absolute atomic E-state index is 0.0152. The Bertz CT molecular complexity index is 1260. The predicted octanol–water partition coefficient (Wildman–Crippen LogP) is 4.32. The first-order valence-electron chi connectivity index (χ1n) is 13.4. The highest BCUT2D eigenvalue weighted by Gasteiger charge is 2.46. The van der Waals surface area contributed by atoms with Gasteiger partial charge in [0, 0.05) is 23.4 Å². The molecule has 2 heterocycles. The summed E-state index contributed by atoms with van der Waals surface area (Å²) in [5, 5.41) is 13.4. The summed E-state index contributed by atoms with van der Waals surface area (Å²) in [4.78, 5) is 44.5. The number of carboxylic acids is 1. The number of benzene rings is 1. The monoisotopic (exact) mass is 559 g/mol. The van der Waals surface area contributed by atoms with E-state index in [4.69, 9.17) is 18.9 Å². The van der Waals surface area contributed by atoms with Gasteiger partial charge in [0.1, 0.15) is 35.3 Å². The van der Waals surface area contributed by atoms with Gasteiger partial charge in [-0.1, -0.05) is 20.8 Å². The summed E-state index contributed by atoms with van der Waals surface area (Å²) in [6.45, 7) is 14.7. The highest BCUT2D eigenvalue weighted by atomic mass is 16.6. The van der Waals surface area contributed by atoms with Crippen molar-refractivity contribution in [1.82, 2.24) is 15.2 Å². The molecule has 1 aliphatic heterocycles. The molecule has 1 saturated heterocycles. The first-order chi connectivity index (χ1) is 18.6. The van der Waals surface area contributed by atoms with Crippen LogP contribution >= 0.6 is 0 Å². The molecule has 3 atom stereocenters. The number of rotatable bonds is 8. The van der Waals surface area contributed by atoms with Gasteiger partial charge >= 0.3 is 12.1 Å². The van der Waals surface area contributed by atoms with Crippen LogP contribution in [0.1, 0.15) is 60.5 Å². The van der Waals surface area contributed by atoms with Gasteiger partial charge in [0.15, 0.2) is 0 Å². The molecule has 0 spiro atoms. The molecule has 3 rings (SSSR count). The van der Waals surface area contributed by atoms with E-state index < -0.39 is 47.2 Å². The van der Waals surface area contributed by atoms with E-state index in [0.29, 0.717) is 34.9 Å². The van der Waals surface area contributed by atoms with Crippen LogP contribution in [0.3, 0.4) is 0 Å². The zero-order valence-corrected chi connectivity index (χ0v) is 24.8. The Balaban J connectivity index is 1.93. The summed E-state index contributed by atoms with van der Waals surface area (Å²) in [7, 11) is 1.58. The number of carbonyl (C=O) groups excluding carboxylic acids is 2. The number of pyridine rings is 1. The highest BCUT2D eigenvalue weighted by molar-refractivity contribution is 5.91. The maximum absolute atomic E-state index is 13.8. The lowest BCUT2D eigenvalue weighted by atomic mass is 9.85. The van der Waals surface area contributed by atoms with Crippen LogP contribution in [-0.4, -0.2) is 77.0 Å². The maximum atomic E-state index is 13.8. The van der Waals surface area contributed by atoms with Gasteiger partial charge in [-0.2, -0.15) is 0 Å². The summed E-state index contributed by atoms with van der Waals surface area (Å²) in [6.07, 6.45) is -1.32. The lowest BCUT2D eigenvalue weighted by Crippen LogP contribution is -2.57. The van der Waals surface area contributed by atoms with Crippen LogP contribution in [0.5, 0.6) is 17.4 Å². The number of carbonyl (C=O) groups is 3. The largest absolute Gasteiger partial charge is 0.496 e. The van der Waals surface area contributed by atoms with E-state index in [0.717, 1.165) is 5.56 Å². The van der Waals surface area contributed by atoms with Crippen molar-refractivity contribution in [3.05, 3.63) is 23.8 Å². The van der Waals surface area contributed by atoms with E-state index in [-0.39, 0.29) is 13.0 Å². The van der Waals surface area contributed by atoms with Crippen LogP contribution in [0, 0.1) is 12.3 Å². The van der Waals surface area contributed by atoms with Crippen LogP contribution in [0.2, 0.25) is 0 Å². The van der Waals surface area contributed by atoms with E-state index in [9.17, 15) is 19.5 Å². The van der Waals surface area contributed by atoms with Gasteiger partial charge in [0.2, 0.25) is 11.8 Å². The summed E-state index contributed by atoms with van der Waals surface area (Å²) in [5.74, 6) is -0.196. The molecule has 1 aliphatic rings. The van der Waals surface area contributed by atoms with Gasteiger partial charge in [-0.3, -0.25) is 4.79 Å². The fourth-order valence-corrected chi connectivity index (χ4v) is 4.68. The number of fused-ring (bicyclic) bond motifs is 1. The number of alkyl carbamates (subject to hydrolysis) is 1. The molecule has 1 aromatic heterocycles. The topological polar surface area (TPSA) is 137 Å². The molecule has 0 saturated carbocycles. The Morgan fingerprint density at radius 3 is 2.38 bits per heavy atom. The second-order valence-electron chi connectivity index (χ2n) is 11.9. The summed E-state index contributed by atoms with van der Waals surface area (Å²) >= 11 is 0. The van der Waals surface area contributed by atoms with Gasteiger partial charge in [-0.25, -0.2) is 14.6 Å². The van der Waals surface area contributed by atoms with E-state index in [1.54, 1.807) is 54.7 Å². The van der Waals surface area contributed by atoms with Crippen molar-refractivity contribution in [2.24, 2.45) is 5.41 Å². The molecule has 220 valence electrons. The number of nitrogens with zero attached hydrogens (tertiary/aromatic N) is 2. The number of carboxylic acid groups (broad SMARTS) is 1. The van der Waals surface area contributed by atoms with Crippen molar-refractivity contribution >= 4 is 28.9 Å². The lowest BCUT2D eigenvalue weighted by molar-refractivity contribution is -0.150. The van der Waals surface area contributed by atoms with Crippen LogP contribution in [0.4, 0.5) is 4.79 Å². The molecular formula is C29H41N3O8. The van der Waals surface area contributed by atoms with Gasteiger partial charge in [0.25, 0.3) is 0 Å². The quantitative estimate of drug-likeness (QED) is 0.484. The van der Waals surface area contributed by atoms with Crippen molar-refractivity contribution in [3.63, 3.8) is 0 Å². The number of aryl methyl sites for hydroxylation is 1. The number of methoxy groups -OCH3 is 1. The number of aliphatic carboxylic acids is 1. The predicted molar refractivity (Wildman–Crippen MR) is 149 cm³/mol. The number of amides is 2. The van der Waals surface area contributed by atoms with E-state index in [1.165, 1.54) is 4.90 Å². The number of ether oxygens (including phenoxy) is 4. The molecule has 11 nitrogen and oxygen atoms in total. The highest BCUT2D eigenvalue weighted by Crippen LogP contribution is 2.36. The van der Waals surface area contributed by atoms with Crippen molar-refractivity contribution < 1.29 is 38.4 Å². The number of likely N-dealkylation sites (tertiary alicyclic amines) is 1. The summed E-state index contributed by atoms with van der Waals surface area (Å²) in [5.41, 5.74) is -0.0446. The molecule has 1 fully saturated rings. The normalized spacial score (nSPS) is 18.3. The zero-order valence-electron chi connectivity index (χ0n) is 24.8. The molecule has 0 bridgehead atoms. The number of hydrogen-bond acceptors (Lipinski definition) is 8. The summed E-state index contributed by atoms with van der Waals surface area (Å²) in [6, 6.07) is 3.15. The molecule has 2 amide bonds. The molecule has 0 aliphatic carbocycles. The third-order valence-electron chi connectivity index (χ3n) is 6.53. The standard InChI is InChI=1S/C29H41N3O8/c1-10-38-22-14-21(18-11-12-20(37-9)16(2)23(18)30-22)39-17-13-19(26(34)35)32(15-17)25(33)24(28(3,4)5)31-27(36)40-29(6,7)8/h11-12,14,17,19,24H,10,13,15H2,1-9H3,(H,31,36)(H,34,35)/t17-,19+,24-/m1/s1. The SMILES string of the molecule is CCOc1cc(O[C@@H]2C[C@@H](C(=O)O)N(C(=O)[C@@H](NC(=O)OC(C)(C)C)C(C)(C)C)C2)c2ccc(OC)c(C)c2n1. The van der Waals surface area contributed by atoms with Crippen LogP contribution < -0.4 is 19.5 Å². The van der Waals surface area contributed by atoms with Gasteiger partial charge in [-0.05, 0) is 52.2 Å². The van der Waals surface area contributed by atoms with Gasteiger partial charge in [0.05, 0.1) is 25.8 Å². The number of nitrogens with one attached hydrogen (secondary N) is 1. The Labute approximate surface area is 235 Å². The first kappa shape index (κ1) is 30.8. The molecule has 2 N–H and O–H groups in total. The summed E-state index contributed by atoms with van der Waals surface area (Å²) < 4.78 is 22.8. The Kier molecular flexibility index (Phi) is 9.06. The van der Waals surface area contributed by atoms with Crippen LogP contribution in [0.25, 0.3) is 10.9 Å². The molecular weight excluding hydrogens is 518 g/mol. The van der Waals surface area contributed by atoms with Gasteiger partial charge < -0.3 is 34.3 Å². The number of aromatic nitrogens is 1. The molecule has 2 aromatic rings. The van der Waals surface area contributed by atoms with Crippen LogP contribution in [-0.2, 0) is 14.3 Å². The maximum Gasteiger partial charge on any atom is 0.408 e. The lowest BCUT2D eigenvalue weighted by Gasteiger charge is -2.35. The minimum Gasteiger partial charge on any atom is -0.496 e. The second kappa shape index (κ2) is 11.8. The Morgan fingerprint density at radius 1 is 1.15 bits per heavy atom. The molecule has 1 aromatic carbocycles. The second-order valence-corrected chi connectivity index (χ2v) is 11.9. The Hall–Kier alpha value is -3.76. The van der Waals surface area contributed by atoms with Crippen molar-refractivity contribution in [2.75, 3.05) is 20.3 Å². The molecule has 0 radical (unpaired) electrons. The Morgan fingerprint density at radius 2 is 1.82 bits per heavy atom. The van der Waals surface area contributed by atoms with Crippen molar-refractivity contribution in [2.45, 2.75) is 85.6 Å². The smallest absolute Gasteiger partial charge is 0.408 e. The van der Waals surface area contributed by atoms with Crippen LogP contribution in [0.15, 0.2) is 18.2 Å². The van der Waals surface area contributed by atoms with Crippen molar-refractivity contribution in [3.8, 4) is 17.4 Å². The fourth-order valence-electron chi connectivity index (χ4n) is 4.68. The average Bonchev–Trinajstić information content (AvgIpc) is 3.25. The van der Waals surface area contributed by atoms with E-state index in [1.807, 2.05) is 26.0 Å². The van der Waals surface area contributed by atoms with E-state index in [2.05, 4.69) is 10.3 Å². The first-order valence-corrected chi connectivity index (χ1v) is 13.4. The number of hydrogen-bond donors (Lipinski definition) is 2. The van der Waals surface area contributed by atoms with E-state index >= 15 is 0 Å². The third kappa shape index (κ3) is 7.05.